The summed E-state index contributed by atoms with van der Waals surface area (Å²) < 4.78 is 28.6. The van der Waals surface area contributed by atoms with Gasteiger partial charge in [-0.1, -0.05) is 17.7 Å². The molecule has 0 radical (unpaired) electrons. The van der Waals surface area contributed by atoms with E-state index < -0.39 is 27.0 Å². The van der Waals surface area contributed by atoms with Crippen LogP contribution in [0.15, 0.2) is 24.8 Å². The van der Waals surface area contributed by atoms with Gasteiger partial charge in [-0.2, -0.15) is 0 Å². The van der Waals surface area contributed by atoms with Gasteiger partial charge in [0.1, 0.15) is 16.6 Å². The summed E-state index contributed by atoms with van der Waals surface area (Å²) in [4.78, 5) is 23.1. The van der Waals surface area contributed by atoms with Crippen molar-refractivity contribution in [3.05, 3.63) is 35.4 Å². The molecule has 0 aliphatic rings. The third-order valence-corrected chi connectivity index (χ3v) is 5.34. The number of sulfone groups is 1. The predicted octanol–water partition coefficient (Wildman–Crippen LogP) is 1.97. The second-order valence-electron chi connectivity index (χ2n) is 4.59. The van der Waals surface area contributed by atoms with Crippen LogP contribution in [0.25, 0.3) is 0 Å². The number of anilines is 1. The number of carbonyl (C=O) groups excluding carboxylic acids is 1. The number of carboxylic acid groups (broad SMARTS) is 1. The molecule has 0 aliphatic heterocycles. The summed E-state index contributed by atoms with van der Waals surface area (Å²) in [5.41, 5.74) is -0.123. The minimum absolute atomic E-state index is 0.0150. The van der Waals surface area contributed by atoms with E-state index in [4.69, 9.17) is 21.4 Å². The molecule has 126 valence electrons. The van der Waals surface area contributed by atoms with E-state index in [0.717, 1.165) is 6.07 Å². The number of hydrogen-bond acceptors (Lipinski definition) is 5. The number of methoxy groups -OCH3 is 1. The number of hydrogen-bond donors (Lipinski definition) is 2. The molecule has 0 fully saturated rings. The molecule has 0 saturated carbocycles. The Morgan fingerprint density at radius 1 is 1.48 bits per heavy atom. The molecule has 0 spiro atoms. The number of rotatable bonds is 7. The summed E-state index contributed by atoms with van der Waals surface area (Å²) in [6.07, 6.45) is 1.19. The number of aromatic carboxylic acids is 1. The van der Waals surface area contributed by atoms with Crippen LogP contribution in [0.4, 0.5) is 5.69 Å². The second kappa shape index (κ2) is 7.47. The standard InChI is InChI=1S/C14H16ClNO6S/c1-4-5-23(20,21)8(2)13(17)16-11-7-12(22-3)9(14(18)19)6-10(11)15/h4,6-8H,1,5H2,2-3H3,(H,16,17)(H,18,19). The lowest BCUT2D eigenvalue weighted by Gasteiger charge is -2.15. The fraction of sp³-hybridized carbons (Fsp3) is 0.286. The van der Waals surface area contributed by atoms with Gasteiger partial charge in [-0.15, -0.1) is 6.58 Å². The Bertz CT molecular complexity index is 744. The van der Waals surface area contributed by atoms with Crippen LogP contribution in [0.2, 0.25) is 5.02 Å². The highest BCUT2D eigenvalue weighted by molar-refractivity contribution is 7.92. The number of halogens is 1. The molecule has 1 aromatic rings. The highest BCUT2D eigenvalue weighted by Gasteiger charge is 2.27. The topological polar surface area (TPSA) is 110 Å². The smallest absolute Gasteiger partial charge is 0.339 e. The van der Waals surface area contributed by atoms with E-state index in [1.54, 1.807) is 0 Å². The fourth-order valence-electron chi connectivity index (χ4n) is 1.69. The van der Waals surface area contributed by atoms with Crippen LogP contribution < -0.4 is 10.1 Å². The highest BCUT2D eigenvalue weighted by Crippen LogP contribution is 2.31. The Labute approximate surface area is 138 Å². The Morgan fingerprint density at radius 3 is 2.57 bits per heavy atom. The van der Waals surface area contributed by atoms with Crippen molar-refractivity contribution in [2.24, 2.45) is 0 Å². The normalized spacial score (nSPS) is 12.3. The number of benzene rings is 1. The van der Waals surface area contributed by atoms with Gasteiger partial charge in [-0.3, -0.25) is 4.79 Å². The van der Waals surface area contributed by atoms with Crippen molar-refractivity contribution in [1.82, 2.24) is 0 Å². The maximum absolute atomic E-state index is 12.1. The van der Waals surface area contributed by atoms with E-state index >= 15 is 0 Å². The van der Waals surface area contributed by atoms with Gasteiger partial charge in [0.2, 0.25) is 5.91 Å². The van der Waals surface area contributed by atoms with Gasteiger partial charge >= 0.3 is 5.97 Å². The molecule has 7 nitrogen and oxygen atoms in total. The van der Waals surface area contributed by atoms with Crippen LogP contribution in [0.3, 0.4) is 0 Å². The molecule has 1 unspecified atom stereocenters. The first-order chi connectivity index (χ1) is 10.6. The van der Waals surface area contributed by atoms with E-state index in [2.05, 4.69) is 11.9 Å². The third-order valence-electron chi connectivity index (χ3n) is 3.04. The van der Waals surface area contributed by atoms with Crippen molar-refractivity contribution in [3.63, 3.8) is 0 Å². The first kappa shape index (κ1) is 19.0. The maximum atomic E-state index is 12.1. The van der Waals surface area contributed by atoms with Gasteiger partial charge < -0.3 is 15.2 Å². The molecule has 0 bridgehead atoms. The SMILES string of the molecule is C=CCS(=O)(=O)C(C)C(=O)Nc1cc(OC)c(C(=O)O)cc1Cl. The predicted molar refractivity (Wildman–Crippen MR) is 87.0 cm³/mol. The van der Waals surface area contributed by atoms with E-state index in [1.807, 2.05) is 0 Å². The average Bonchev–Trinajstić information content (AvgIpc) is 2.47. The van der Waals surface area contributed by atoms with Gasteiger partial charge in [0.05, 0.1) is 23.6 Å². The summed E-state index contributed by atoms with van der Waals surface area (Å²) in [5.74, 6) is -2.39. The largest absolute Gasteiger partial charge is 0.496 e. The van der Waals surface area contributed by atoms with Crippen LogP contribution in [0.1, 0.15) is 17.3 Å². The van der Waals surface area contributed by atoms with Gasteiger partial charge in [-0.05, 0) is 13.0 Å². The summed E-state index contributed by atoms with van der Waals surface area (Å²) in [5, 5.41) is 10.0. The number of carboxylic acids is 1. The van der Waals surface area contributed by atoms with Gasteiger partial charge in [0.25, 0.3) is 0 Å². The molecule has 1 atom stereocenters. The molecular weight excluding hydrogens is 346 g/mol. The molecule has 0 aromatic heterocycles. The Hall–Kier alpha value is -2.06. The monoisotopic (exact) mass is 361 g/mol. The molecule has 1 amide bonds. The van der Waals surface area contributed by atoms with Crippen LogP contribution >= 0.6 is 11.6 Å². The lowest BCUT2D eigenvalue weighted by molar-refractivity contribution is -0.115. The van der Waals surface area contributed by atoms with Crippen molar-refractivity contribution in [2.75, 3.05) is 18.2 Å². The third kappa shape index (κ3) is 4.46. The molecule has 23 heavy (non-hydrogen) atoms. The quantitative estimate of drug-likeness (QED) is 0.718. The summed E-state index contributed by atoms with van der Waals surface area (Å²) in [6, 6.07) is 2.33. The average molecular weight is 362 g/mol. The molecular formula is C14H16ClNO6S. The zero-order chi connectivity index (χ0) is 17.8. The van der Waals surface area contributed by atoms with Gasteiger partial charge in [0, 0.05) is 6.07 Å². The lowest BCUT2D eigenvalue weighted by atomic mass is 10.1. The highest BCUT2D eigenvalue weighted by atomic mass is 35.5. The van der Waals surface area contributed by atoms with Crippen LogP contribution in [0, 0.1) is 0 Å². The van der Waals surface area contributed by atoms with E-state index in [1.165, 1.54) is 26.2 Å². The van der Waals surface area contributed by atoms with Gasteiger partial charge in [0.15, 0.2) is 9.84 Å². The van der Waals surface area contributed by atoms with Crippen molar-refractivity contribution in [1.29, 1.82) is 0 Å². The number of ether oxygens (including phenoxy) is 1. The first-order valence-corrected chi connectivity index (χ1v) is 8.47. The van der Waals surface area contributed by atoms with E-state index in [0.29, 0.717) is 0 Å². The van der Waals surface area contributed by atoms with E-state index in [-0.39, 0.29) is 27.8 Å². The van der Waals surface area contributed by atoms with Crippen LogP contribution in [-0.2, 0) is 14.6 Å². The molecule has 1 aromatic carbocycles. The number of carbonyl (C=O) groups is 2. The number of amides is 1. The second-order valence-corrected chi connectivity index (χ2v) is 7.36. The zero-order valence-corrected chi connectivity index (χ0v) is 14.1. The Kier molecular flexibility index (Phi) is 6.17. The van der Waals surface area contributed by atoms with Crippen LogP contribution in [0.5, 0.6) is 5.75 Å². The Morgan fingerprint density at radius 2 is 2.09 bits per heavy atom. The van der Waals surface area contributed by atoms with Gasteiger partial charge in [-0.25, -0.2) is 13.2 Å². The fourth-order valence-corrected chi connectivity index (χ4v) is 2.90. The molecule has 9 heteroatoms. The number of nitrogens with one attached hydrogen (secondary N) is 1. The zero-order valence-electron chi connectivity index (χ0n) is 12.5. The molecule has 0 heterocycles. The minimum Gasteiger partial charge on any atom is -0.496 e. The van der Waals surface area contributed by atoms with Crippen LogP contribution in [-0.4, -0.2) is 43.5 Å². The van der Waals surface area contributed by atoms with E-state index in [9.17, 15) is 18.0 Å². The first-order valence-electron chi connectivity index (χ1n) is 6.38. The van der Waals surface area contributed by atoms with Crippen molar-refractivity contribution in [2.45, 2.75) is 12.2 Å². The van der Waals surface area contributed by atoms with Crippen molar-refractivity contribution >= 4 is 39.0 Å². The summed E-state index contributed by atoms with van der Waals surface area (Å²) >= 11 is 5.93. The minimum atomic E-state index is -3.68. The Balaban J connectivity index is 3.12. The van der Waals surface area contributed by atoms with Crippen molar-refractivity contribution in [3.8, 4) is 5.75 Å². The molecule has 1 rings (SSSR count). The maximum Gasteiger partial charge on any atom is 0.339 e. The van der Waals surface area contributed by atoms with Crippen molar-refractivity contribution < 1.29 is 27.9 Å². The summed E-state index contributed by atoms with van der Waals surface area (Å²) in [6.45, 7) is 4.57. The molecule has 2 N–H and O–H groups in total. The summed E-state index contributed by atoms with van der Waals surface area (Å²) in [7, 11) is -2.42. The molecule has 0 saturated heterocycles. The lowest BCUT2D eigenvalue weighted by Crippen LogP contribution is -2.33. The molecule has 0 aliphatic carbocycles.